The molecule has 0 saturated carbocycles. The largest absolute Gasteiger partial charge is 0.300 e. The van der Waals surface area contributed by atoms with E-state index in [2.05, 4.69) is 12.6 Å². The molecular weight excluding hydrogens is 136 g/mol. The number of carbonyl (C=O) groups is 2. The fraction of sp³-hybridized carbons (Fsp3) is 0.667. The number of rotatable bonds is 3. The normalized spacial score (nSPS) is 12.8. The highest BCUT2D eigenvalue weighted by molar-refractivity contribution is 7.96. The fourth-order valence-electron chi connectivity index (χ4n) is 0.518. The van der Waals surface area contributed by atoms with Crippen LogP contribution in [0.4, 0.5) is 0 Å². The van der Waals surface area contributed by atoms with Gasteiger partial charge in [0, 0.05) is 12.3 Å². The highest BCUT2D eigenvalue weighted by atomic mass is 32.1. The van der Waals surface area contributed by atoms with E-state index in [0.717, 1.165) is 0 Å². The predicted molar refractivity (Wildman–Crippen MR) is 38.5 cm³/mol. The lowest BCUT2D eigenvalue weighted by Gasteiger charge is -2.00. The quantitative estimate of drug-likeness (QED) is 0.604. The van der Waals surface area contributed by atoms with Crippen LogP contribution in [0.3, 0.4) is 0 Å². The van der Waals surface area contributed by atoms with Crippen molar-refractivity contribution < 1.29 is 9.59 Å². The predicted octanol–water partition coefficient (Wildman–Crippen LogP) is 1.06. The number of Topliss-reactive ketones (excluding diaryl/α,β-unsaturated/α-hetero) is 1. The number of ketones is 1. The van der Waals surface area contributed by atoms with E-state index in [4.69, 9.17) is 0 Å². The average Bonchev–Trinajstić information content (AvgIpc) is 1.63. The van der Waals surface area contributed by atoms with Crippen molar-refractivity contribution in [2.75, 3.05) is 0 Å². The second-order valence-electron chi connectivity index (χ2n) is 2.15. The highest BCUT2D eigenvalue weighted by Gasteiger charge is 2.09. The van der Waals surface area contributed by atoms with E-state index in [1.165, 1.54) is 6.92 Å². The van der Waals surface area contributed by atoms with Gasteiger partial charge in [0.15, 0.2) is 5.12 Å². The SMILES string of the molecule is CC(=O)C[C@@H](C)C(=O)S. The molecule has 0 aromatic rings. The molecule has 0 aliphatic rings. The molecule has 9 heavy (non-hydrogen) atoms. The summed E-state index contributed by atoms with van der Waals surface area (Å²) in [6.07, 6.45) is 0.308. The molecule has 3 heteroatoms. The molecule has 52 valence electrons. The van der Waals surface area contributed by atoms with Gasteiger partial charge in [-0.2, -0.15) is 0 Å². The van der Waals surface area contributed by atoms with E-state index >= 15 is 0 Å². The van der Waals surface area contributed by atoms with Crippen LogP contribution in [-0.4, -0.2) is 10.9 Å². The van der Waals surface area contributed by atoms with Crippen LogP contribution >= 0.6 is 12.6 Å². The minimum Gasteiger partial charge on any atom is -0.300 e. The van der Waals surface area contributed by atoms with Crippen LogP contribution in [-0.2, 0) is 9.59 Å². The maximum Gasteiger partial charge on any atom is 0.189 e. The van der Waals surface area contributed by atoms with Gasteiger partial charge in [-0.15, -0.1) is 12.6 Å². The number of carbonyl (C=O) groups excluding carboxylic acids is 2. The average molecular weight is 146 g/mol. The van der Waals surface area contributed by atoms with Gasteiger partial charge in [0.2, 0.25) is 0 Å². The molecule has 0 N–H and O–H groups in total. The monoisotopic (exact) mass is 146 g/mol. The summed E-state index contributed by atoms with van der Waals surface area (Å²) in [7, 11) is 0. The van der Waals surface area contributed by atoms with Gasteiger partial charge in [0.05, 0.1) is 0 Å². The second kappa shape index (κ2) is 3.67. The lowest BCUT2D eigenvalue weighted by Crippen LogP contribution is -2.07. The minimum atomic E-state index is -0.231. The molecule has 0 aromatic carbocycles. The molecule has 0 aromatic heterocycles. The van der Waals surface area contributed by atoms with Crippen LogP contribution in [0.5, 0.6) is 0 Å². The Morgan fingerprint density at radius 3 is 2.11 bits per heavy atom. The fourth-order valence-corrected chi connectivity index (χ4v) is 0.610. The van der Waals surface area contributed by atoms with E-state index in [0.29, 0.717) is 6.42 Å². The third-order valence-corrected chi connectivity index (χ3v) is 1.46. The van der Waals surface area contributed by atoms with Crippen LogP contribution in [0.2, 0.25) is 0 Å². The summed E-state index contributed by atoms with van der Waals surface area (Å²) in [5.41, 5.74) is 0. The zero-order chi connectivity index (χ0) is 7.44. The zero-order valence-electron chi connectivity index (χ0n) is 5.55. The molecule has 0 aliphatic heterocycles. The number of thiol groups is 1. The molecule has 0 bridgehead atoms. The topological polar surface area (TPSA) is 34.1 Å². The van der Waals surface area contributed by atoms with Gasteiger partial charge in [0.25, 0.3) is 0 Å². The van der Waals surface area contributed by atoms with Gasteiger partial charge in [-0.3, -0.25) is 4.79 Å². The summed E-state index contributed by atoms with van der Waals surface area (Å²) in [5, 5.41) is -0.217. The lowest BCUT2D eigenvalue weighted by molar-refractivity contribution is -0.121. The first-order valence-electron chi connectivity index (χ1n) is 2.76. The second-order valence-corrected chi connectivity index (χ2v) is 2.59. The molecule has 0 aliphatic carbocycles. The minimum absolute atomic E-state index is 0.0323. The molecular formula is C6H10O2S. The Labute approximate surface area is 60.0 Å². The van der Waals surface area contributed by atoms with Gasteiger partial charge in [0.1, 0.15) is 5.78 Å². The maximum absolute atomic E-state index is 10.4. The van der Waals surface area contributed by atoms with Crippen molar-refractivity contribution in [1.82, 2.24) is 0 Å². The van der Waals surface area contributed by atoms with Crippen LogP contribution < -0.4 is 0 Å². The van der Waals surface area contributed by atoms with E-state index in [9.17, 15) is 9.59 Å². The molecule has 0 fully saturated rings. The summed E-state index contributed by atoms with van der Waals surface area (Å²) >= 11 is 3.58. The van der Waals surface area contributed by atoms with Crippen LogP contribution in [0.15, 0.2) is 0 Å². The highest BCUT2D eigenvalue weighted by Crippen LogP contribution is 2.05. The van der Waals surface area contributed by atoms with Crippen molar-refractivity contribution in [3.05, 3.63) is 0 Å². The van der Waals surface area contributed by atoms with Gasteiger partial charge in [-0.25, -0.2) is 0 Å². The smallest absolute Gasteiger partial charge is 0.189 e. The van der Waals surface area contributed by atoms with Gasteiger partial charge in [-0.1, -0.05) is 6.92 Å². The third kappa shape index (κ3) is 4.21. The summed E-state index contributed by atoms with van der Waals surface area (Å²) in [5.74, 6) is -0.198. The molecule has 2 nitrogen and oxygen atoms in total. The van der Waals surface area contributed by atoms with Gasteiger partial charge in [-0.05, 0) is 6.92 Å². The van der Waals surface area contributed by atoms with Crippen molar-refractivity contribution in [2.45, 2.75) is 20.3 Å². The standard InChI is InChI=1S/C6H10O2S/c1-4(6(8)9)3-5(2)7/h4H,3H2,1-2H3,(H,8,9)/t4-/m1/s1. The Balaban J connectivity index is 3.63. The maximum atomic E-state index is 10.4. The lowest BCUT2D eigenvalue weighted by atomic mass is 10.1. The van der Waals surface area contributed by atoms with Crippen LogP contribution in [0.25, 0.3) is 0 Å². The van der Waals surface area contributed by atoms with E-state index in [-0.39, 0.29) is 16.8 Å². The third-order valence-electron chi connectivity index (χ3n) is 1.02. The van der Waals surface area contributed by atoms with Crippen molar-refractivity contribution >= 4 is 23.5 Å². The summed E-state index contributed by atoms with van der Waals surface area (Å²) in [4.78, 5) is 20.8. The molecule has 1 atom stereocenters. The van der Waals surface area contributed by atoms with E-state index in [1.807, 2.05) is 0 Å². The summed E-state index contributed by atoms with van der Waals surface area (Å²) in [6, 6.07) is 0. The Morgan fingerprint density at radius 2 is 2.00 bits per heavy atom. The Bertz CT molecular complexity index is 131. The molecule has 0 spiro atoms. The van der Waals surface area contributed by atoms with E-state index in [1.54, 1.807) is 6.92 Å². The van der Waals surface area contributed by atoms with Crippen LogP contribution in [0.1, 0.15) is 20.3 Å². The van der Waals surface area contributed by atoms with E-state index < -0.39 is 0 Å². The van der Waals surface area contributed by atoms with Crippen LogP contribution in [0, 0.1) is 5.92 Å². The first-order chi connectivity index (χ1) is 4.04. The number of hydrogen-bond acceptors (Lipinski definition) is 2. The first kappa shape index (κ1) is 8.69. The Morgan fingerprint density at radius 1 is 1.56 bits per heavy atom. The van der Waals surface area contributed by atoms with Crippen molar-refractivity contribution in [3.63, 3.8) is 0 Å². The molecule has 0 saturated heterocycles. The molecule has 0 radical (unpaired) electrons. The molecule has 0 unspecified atom stereocenters. The zero-order valence-corrected chi connectivity index (χ0v) is 6.44. The van der Waals surface area contributed by atoms with Gasteiger partial charge >= 0.3 is 0 Å². The first-order valence-corrected chi connectivity index (χ1v) is 3.21. The molecule has 0 heterocycles. The summed E-state index contributed by atoms with van der Waals surface area (Å²) < 4.78 is 0. The van der Waals surface area contributed by atoms with Crippen molar-refractivity contribution in [2.24, 2.45) is 5.92 Å². The Hall–Kier alpha value is -0.310. The Kier molecular flexibility index (Phi) is 3.54. The molecule has 0 amide bonds. The summed E-state index contributed by atoms with van der Waals surface area (Å²) in [6.45, 7) is 3.16. The number of hydrogen-bond donors (Lipinski definition) is 1. The van der Waals surface area contributed by atoms with Crippen molar-refractivity contribution in [1.29, 1.82) is 0 Å². The van der Waals surface area contributed by atoms with Gasteiger partial charge < -0.3 is 4.79 Å². The van der Waals surface area contributed by atoms with Crippen molar-refractivity contribution in [3.8, 4) is 0 Å². The molecule has 0 rings (SSSR count).